The fourth-order valence-corrected chi connectivity index (χ4v) is 4.88. The monoisotopic (exact) mass is 566 g/mol. The number of benzene rings is 4. The maximum atomic E-state index is 14.2. The van der Waals surface area contributed by atoms with E-state index in [1.807, 2.05) is 78.9 Å². The first-order chi connectivity index (χ1) is 20.6. The molecule has 8 nitrogen and oxygen atoms in total. The quantitative estimate of drug-likeness (QED) is 0.276. The van der Waals surface area contributed by atoms with E-state index >= 15 is 0 Å². The largest absolute Gasteiger partial charge is 0.497 e. The number of hydrogen-bond acceptors (Lipinski definition) is 6. The van der Waals surface area contributed by atoms with Crippen LogP contribution in [-0.4, -0.2) is 50.2 Å². The number of methoxy groups -OCH3 is 2. The van der Waals surface area contributed by atoms with Gasteiger partial charge in [0.15, 0.2) is 11.5 Å². The zero-order valence-corrected chi connectivity index (χ0v) is 23.7. The minimum atomic E-state index is -0.925. The average Bonchev–Trinajstić information content (AvgIpc) is 3.05. The topological polar surface area (TPSA) is 86.3 Å². The van der Waals surface area contributed by atoms with Crippen molar-refractivity contribution in [3.05, 3.63) is 120 Å². The smallest absolute Gasteiger partial charge is 0.268 e. The van der Waals surface area contributed by atoms with Crippen molar-refractivity contribution in [1.29, 1.82) is 0 Å². The summed E-state index contributed by atoms with van der Waals surface area (Å²) >= 11 is 0. The van der Waals surface area contributed by atoms with E-state index in [0.717, 1.165) is 16.9 Å². The summed E-state index contributed by atoms with van der Waals surface area (Å²) in [6, 6.07) is 30.9. The fraction of sp³-hybridized carbons (Fsp3) is 0.235. The van der Waals surface area contributed by atoms with E-state index in [2.05, 4.69) is 5.32 Å². The third-order valence-corrected chi connectivity index (χ3v) is 7.17. The highest BCUT2D eigenvalue weighted by atomic mass is 16.6. The molecule has 0 saturated heterocycles. The van der Waals surface area contributed by atoms with Gasteiger partial charge in [0.1, 0.15) is 24.1 Å². The van der Waals surface area contributed by atoms with Gasteiger partial charge in [0.2, 0.25) is 12.0 Å². The molecule has 5 rings (SSSR count). The number of rotatable bonds is 11. The Balaban J connectivity index is 1.45. The summed E-state index contributed by atoms with van der Waals surface area (Å²) in [4.78, 5) is 29.8. The molecule has 1 aliphatic heterocycles. The highest BCUT2D eigenvalue weighted by molar-refractivity contribution is 5.90. The van der Waals surface area contributed by atoms with Crippen LogP contribution < -0.4 is 24.3 Å². The summed E-state index contributed by atoms with van der Waals surface area (Å²) < 4.78 is 22.6. The third-order valence-electron chi connectivity index (χ3n) is 7.17. The van der Waals surface area contributed by atoms with Gasteiger partial charge in [-0.15, -0.1) is 0 Å². The molecule has 2 atom stereocenters. The number of nitrogens with zero attached hydrogens (tertiary/aromatic N) is 1. The zero-order chi connectivity index (χ0) is 29.3. The zero-order valence-electron chi connectivity index (χ0n) is 23.7. The van der Waals surface area contributed by atoms with Gasteiger partial charge in [0.25, 0.3) is 5.91 Å². The van der Waals surface area contributed by atoms with Gasteiger partial charge < -0.3 is 29.2 Å². The van der Waals surface area contributed by atoms with Crippen molar-refractivity contribution < 1.29 is 28.5 Å². The van der Waals surface area contributed by atoms with E-state index in [-0.39, 0.29) is 31.5 Å². The van der Waals surface area contributed by atoms with Crippen molar-refractivity contribution in [3.63, 3.8) is 0 Å². The minimum absolute atomic E-state index is 0.0421. The number of para-hydroxylation sites is 2. The van der Waals surface area contributed by atoms with Crippen LogP contribution in [-0.2, 0) is 22.6 Å². The summed E-state index contributed by atoms with van der Waals surface area (Å²) in [7, 11) is 3.19. The Labute approximate surface area is 245 Å². The number of carbonyl (C=O) groups excluding carboxylic acids is 2. The lowest BCUT2D eigenvalue weighted by Gasteiger charge is -2.35. The van der Waals surface area contributed by atoms with E-state index in [1.54, 1.807) is 43.4 Å². The second-order valence-corrected chi connectivity index (χ2v) is 9.87. The first-order valence-corrected chi connectivity index (χ1v) is 13.8. The first-order valence-electron chi connectivity index (χ1n) is 13.8. The molecule has 0 radical (unpaired) electrons. The van der Waals surface area contributed by atoms with Gasteiger partial charge in [-0.2, -0.15) is 0 Å². The Kier molecular flexibility index (Phi) is 9.23. The molecule has 1 heterocycles. The molecule has 8 heteroatoms. The summed E-state index contributed by atoms with van der Waals surface area (Å²) in [5, 5.41) is 3.04. The molecule has 0 aromatic heterocycles. The fourth-order valence-electron chi connectivity index (χ4n) is 4.88. The summed E-state index contributed by atoms with van der Waals surface area (Å²) in [6.45, 7) is 0.615. The molecule has 1 N–H and O–H groups in total. The number of fused-ring (bicyclic) bond motifs is 1. The molecule has 216 valence electrons. The van der Waals surface area contributed by atoms with Crippen molar-refractivity contribution in [3.8, 4) is 23.0 Å². The van der Waals surface area contributed by atoms with E-state index in [9.17, 15) is 9.59 Å². The second-order valence-electron chi connectivity index (χ2n) is 9.87. The van der Waals surface area contributed by atoms with Gasteiger partial charge in [-0.3, -0.25) is 9.59 Å². The van der Waals surface area contributed by atoms with Crippen molar-refractivity contribution in [2.24, 2.45) is 0 Å². The van der Waals surface area contributed by atoms with Crippen LogP contribution in [0, 0.1) is 0 Å². The Morgan fingerprint density at radius 2 is 1.43 bits per heavy atom. The van der Waals surface area contributed by atoms with Gasteiger partial charge in [-0.25, -0.2) is 0 Å². The highest BCUT2D eigenvalue weighted by Crippen LogP contribution is 2.33. The van der Waals surface area contributed by atoms with E-state index < -0.39 is 12.1 Å². The Hall–Kier alpha value is -4.98. The molecular formula is C34H34N2O6. The standard InChI is InChI=1S/C34H34N2O6/c1-39-27-16-12-25(13-17-27)22-35-33(37)32(26-14-18-28(40-2)19-15-26)36(21-20-24-8-4-3-5-9-24)34(38)31-23-41-29-10-6-7-11-30(29)42-31/h3-19,31-32H,20-23H2,1-2H3,(H,35,37)/t31-,32-/m0/s1. The van der Waals surface area contributed by atoms with Gasteiger partial charge >= 0.3 is 0 Å². The summed E-state index contributed by atoms with van der Waals surface area (Å²) in [5.74, 6) is 1.82. The SMILES string of the molecule is COc1ccc(CNC(=O)[C@H](c2ccc(OC)cc2)N(CCc2ccccc2)C(=O)[C@@H]2COc3ccccc3O2)cc1. The van der Waals surface area contributed by atoms with Crippen molar-refractivity contribution in [2.75, 3.05) is 27.4 Å². The lowest BCUT2D eigenvalue weighted by Crippen LogP contribution is -2.51. The molecule has 0 saturated carbocycles. The molecule has 0 unspecified atom stereocenters. The van der Waals surface area contributed by atoms with E-state index in [0.29, 0.717) is 29.2 Å². The van der Waals surface area contributed by atoms with Crippen LogP contribution in [0.4, 0.5) is 0 Å². The van der Waals surface area contributed by atoms with Crippen LogP contribution in [0.25, 0.3) is 0 Å². The maximum absolute atomic E-state index is 14.2. The minimum Gasteiger partial charge on any atom is -0.497 e. The van der Waals surface area contributed by atoms with Crippen LogP contribution in [0.5, 0.6) is 23.0 Å². The lowest BCUT2D eigenvalue weighted by molar-refractivity contribution is -0.148. The van der Waals surface area contributed by atoms with E-state index in [1.165, 1.54) is 0 Å². The Morgan fingerprint density at radius 3 is 2.10 bits per heavy atom. The number of hydrogen-bond donors (Lipinski definition) is 1. The number of amides is 2. The van der Waals surface area contributed by atoms with Crippen LogP contribution in [0.1, 0.15) is 22.7 Å². The molecule has 0 aliphatic carbocycles. The number of ether oxygens (including phenoxy) is 4. The lowest BCUT2D eigenvalue weighted by atomic mass is 10.0. The normalized spacial score (nSPS) is 14.4. The summed E-state index contributed by atoms with van der Waals surface area (Å²) in [6.07, 6.45) is -0.361. The van der Waals surface area contributed by atoms with Crippen molar-refractivity contribution in [1.82, 2.24) is 10.2 Å². The van der Waals surface area contributed by atoms with Gasteiger partial charge in [0.05, 0.1) is 14.2 Å². The molecule has 0 spiro atoms. The molecule has 0 fully saturated rings. The average molecular weight is 567 g/mol. The molecule has 2 amide bonds. The predicted molar refractivity (Wildman–Crippen MR) is 159 cm³/mol. The van der Waals surface area contributed by atoms with Crippen LogP contribution in [0.15, 0.2) is 103 Å². The molecular weight excluding hydrogens is 532 g/mol. The highest BCUT2D eigenvalue weighted by Gasteiger charge is 2.38. The number of carbonyl (C=O) groups is 2. The van der Waals surface area contributed by atoms with Gasteiger partial charge in [0, 0.05) is 13.1 Å². The molecule has 42 heavy (non-hydrogen) atoms. The van der Waals surface area contributed by atoms with Crippen LogP contribution in [0.3, 0.4) is 0 Å². The second kappa shape index (κ2) is 13.6. The van der Waals surface area contributed by atoms with Gasteiger partial charge in [-0.1, -0.05) is 66.7 Å². The first kappa shape index (κ1) is 28.5. The Bertz CT molecular complexity index is 1470. The van der Waals surface area contributed by atoms with Crippen molar-refractivity contribution >= 4 is 11.8 Å². The number of nitrogens with one attached hydrogen (secondary N) is 1. The van der Waals surface area contributed by atoms with Crippen molar-refractivity contribution in [2.45, 2.75) is 25.1 Å². The van der Waals surface area contributed by atoms with Crippen LogP contribution >= 0.6 is 0 Å². The molecule has 4 aromatic rings. The maximum Gasteiger partial charge on any atom is 0.268 e. The molecule has 0 bridgehead atoms. The van der Waals surface area contributed by atoms with Crippen LogP contribution in [0.2, 0.25) is 0 Å². The summed E-state index contributed by atoms with van der Waals surface area (Å²) in [5.41, 5.74) is 2.61. The predicted octanol–water partition coefficient (Wildman–Crippen LogP) is 4.97. The molecule has 1 aliphatic rings. The van der Waals surface area contributed by atoms with E-state index in [4.69, 9.17) is 18.9 Å². The molecule has 4 aromatic carbocycles. The third kappa shape index (κ3) is 6.83. The van der Waals surface area contributed by atoms with Gasteiger partial charge in [-0.05, 0) is 59.5 Å². The Morgan fingerprint density at radius 1 is 0.810 bits per heavy atom.